The lowest BCUT2D eigenvalue weighted by Gasteiger charge is -2.35. The summed E-state index contributed by atoms with van der Waals surface area (Å²) in [5, 5.41) is 2.87. The maximum absolute atomic E-state index is 12.0. The highest BCUT2D eigenvalue weighted by Crippen LogP contribution is 2.39. The average Bonchev–Trinajstić information content (AvgIpc) is 2.22. The topological polar surface area (TPSA) is 64.3 Å². The predicted octanol–water partition coefficient (Wildman–Crippen LogP) is 2.47. The van der Waals surface area contributed by atoms with Gasteiger partial charge in [0, 0.05) is 5.69 Å². The van der Waals surface area contributed by atoms with Crippen LogP contribution >= 0.6 is 0 Å². The number of nitrogens with one attached hydrogen (secondary N) is 1. The van der Waals surface area contributed by atoms with Crippen molar-refractivity contribution in [3.8, 4) is 5.75 Å². The molecule has 92 valence electrons. The number of amides is 1. The number of hydrogen-bond donors (Lipinski definition) is 2. The van der Waals surface area contributed by atoms with Gasteiger partial charge in [-0.1, -0.05) is 13.3 Å². The zero-order valence-electron chi connectivity index (χ0n) is 10.5. The number of ether oxygens (including phenoxy) is 1. The zero-order chi connectivity index (χ0) is 12.6. The highest BCUT2D eigenvalue weighted by Gasteiger charge is 2.39. The van der Waals surface area contributed by atoms with E-state index in [0.29, 0.717) is 17.8 Å². The summed E-state index contributed by atoms with van der Waals surface area (Å²) < 4.78 is 5.89. The summed E-state index contributed by atoms with van der Waals surface area (Å²) in [5.74, 6) is 0.631. The van der Waals surface area contributed by atoms with E-state index in [2.05, 4.69) is 5.32 Å². The number of anilines is 2. The molecule has 3 N–H and O–H groups in total. The normalized spacial score (nSPS) is 22.6. The summed E-state index contributed by atoms with van der Waals surface area (Å²) in [4.78, 5) is 12.0. The maximum atomic E-state index is 12.0. The first-order valence-electron chi connectivity index (χ1n) is 5.87. The second kappa shape index (κ2) is 3.95. The molecule has 2 rings (SSSR count). The van der Waals surface area contributed by atoms with Gasteiger partial charge in [-0.3, -0.25) is 4.79 Å². The molecule has 0 spiro atoms. The first-order chi connectivity index (χ1) is 7.96. The van der Waals surface area contributed by atoms with E-state index in [-0.39, 0.29) is 5.91 Å². The molecule has 1 amide bonds. The van der Waals surface area contributed by atoms with Gasteiger partial charge in [-0.2, -0.15) is 0 Å². The smallest absolute Gasteiger partial charge is 0.268 e. The molecule has 0 aliphatic carbocycles. The molecule has 1 unspecified atom stereocenters. The van der Waals surface area contributed by atoms with Crippen molar-refractivity contribution in [2.75, 3.05) is 11.1 Å². The lowest BCUT2D eigenvalue weighted by atomic mass is 9.96. The third kappa shape index (κ3) is 1.95. The van der Waals surface area contributed by atoms with Crippen LogP contribution in [-0.2, 0) is 4.79 Å². The Kier molecular flexibility index (Phi) is 2.73. The van der Waals surface area contributed by atoms with Crippen molar-refractivity contribution in [1.82, 2.24) is 0 Å². The van der Waals surface area contributed by atoms with Gasteiger partial charge in [0.1, 0.15) is 5.75 Å². The summed E-state index contributed by atoms with van der Waals surface area (Å²) in [6, 6.07) is 3.58. The van der Waals surface area contributed by atoms with Crippen molar-refractivity contribution in [3.05, 3.63) is 17.7 Å². The number of carbonyl (C=O) groups is 1. The molecule has 1 atom stereocenters. The number of hydrogen-bond acceptors (Lipinski definition) is 3. The van der Waals surface area contributed by atoms with Crippen molar-refractivity contribution >= 4 is 17.3 Å². The molecule has 1 aromatic rings. The van der Waals surface area contributed by atoms with Gasteiger partial charge in [-0.15, -0.1) is 0 Å². The van der Waals surface area contributed by atoms with Crippen LogP contribution in [0, 0.1) is 6.92 Å². The number of carbonyl (C=O) groups excluding carboxylic acids is 1. The molecule has 0 saturated carbocycles. The Balaban J connectivity index is 2.44. The van der Waals surface area contributed by atoms with Crippen molar-refractivity contribution in [3.63, 3.8) is 0 Å². The maximum Gasteiger partial charge on any atom is 0.268 e. The minimum absolute atomic E-state index is 0.100. The quantitative estimate of drug-likeness (QED) is 0.772. The number of benzene rings is 1. The molecule has 0 bridgehead atoms. The fraction of sp³-hybridized carbons (Fsp3) is 0.462. The molecule has 1 aromatic carbocycles. The van der Waals surface area contributed by atoms with Gasteiger partial charge in [-0.05, 0) is 38.0 Å². The molecule has 1 heterocycles. The molecule has 0 aromatic heterocycles. The minimum atomic E-state index is -0.775. The Morgan fingerprint density at radius 2 is 2.18 bits per heavy atom. The molecule has 1 aliphatic heterocycles. The fourth-order valence-corrected chi connectivity index (χ4v) is 2.20. The SMILES string of the molecule is CCCC1(C)Oc2c(C)cc(N)cc2NC1=O. The van der Waals surface area contributed by atoms with Crippen molar-refractivity contribution in [1.29, 1.82) is 0 Å². The van der Waals surface area contributed by atoms with Crippen molar-refractivity contribution < 1.29 is 9.53 Å². The van der Waals surface area contributed by atoms with Crippen LogP contribution in [0.3, 0.4) is 0 Å². The van der Waals surface area contributed by atoms with Crippen LogP contribution < -0.4 is 15.8 Å². The van der Waals surface area contributed by atoms with Crippen LogP contribution in [0.4, 0.5) is 11.4 Å². The van der Waals surface area contributed by atoms with Crippen molar-refractivity contribution in [2.45, 2.75) is 39.2 Å². The van der Waals surface area contributed by atoms with Gasteiger partial charge < -0.3 is 15.8 Å². The van der Waals surface area contributed by atoms with Crippen LogP contribution in [0.1, 0.15) is 32.3 Å². The Morgan fingerprint density at radius 3 is 2.82 bits per heavy atom. The molecule has 0 saturated heterocycles. The summed E-state index contributed by atoms with van der Waals surface area (Å²) >= 11 is 0. The monoisotopic (exact) mass is 234 g/mol. The summed E-state index contributed by atoms with van der Waals surface area (Å²) in [7, 11) is 0. The zero-order valence-corrected chi connectivity index (χ0v) is 10.5. The van der Waals surface area contributed by atoms with E-state index >= 15 is 0 Å². The van der Waals surface area contributed by atoms with Crippen molar-refractivity contribution in [2.24, 2.45) is 0 Å². The van der Waals surface area contributed by atoms with E-state index < -0.39 is 5.60 Å². The summed E-state index contributed by atoms with van der Waals surface area (Å²) in [5.41, 5.74) is 7.22. The number of aryl methyl sites for hydroxylation is 1. The van der Waals surface area contributed by atoms with Gasteiger partial charge in [0.25, 0.3) is 5.91 Å². The fourth-order valence-electron chi connectivity index (χ4n) is 2.20. The number of nitrogens with two attached hydrogens (primary N) is 1. The molecular formula is C13H18N2O2. The predicted molar refractivity (Wildman–Crippen MR) is 68.2 cm³/mol. The minimum Gasteiger partial charge on any atom is -0.475 e. The van der Waals surface area contributed by atoms with Crippen LogP contribution in [-0.4, -0.2) is 11.5 Å². The molecule has 0 radical (unpaired) electrons. The second-order valence-corrected chi connectivity index (χ2v) is 4.75. The van der Waals surface area contributed by atoms with E-state index in [1.165, 1.54) is 0 Å². The van der Waals surface area contributed by atoms with Crippen LogP contribution in [0.25, 0.3) is 0 Å². The molecule has 1 aliphatic rings. The Labute approximate surface area is 101 Å². The molecule has 4 nitrogen and oxygen atoms in total. The molecule has 0 fully saturated rings. The van der Waals surface area contributed by atoms with E-state index in [4.69, 9.17) is 10.5 Å². The Bertz CT molecular complexity index is 471. The summed E-state index contributed by atoms with van der Waals surface area (Å²) in [6.07, 6.45) is 1.59. The van der Waals surface area contributed by atoms with E-state index in [0.717, 1.165) is 17.7 Å². The first kappa shape index (κ1) is 11.8. The molecule has 4 heteroatoms. The number of rotatable bonds is 2. The lowest BCUT2D eigenvalue weighted by molar-refractivity contribution is -0.131. The van der Waals surface area contributed by atoms with Gasteiger partial charge in [-0.25, -0.2) is 0 Å². The lowest BCUT2D eigenvalue weighted by Crippen LogP contribution is -2.48. The number of fused-ring (bicyclic) bond motifs is 1. The third-order valence-corrected chi connectivity index (χ3v) is 3.08. The standard InChI is InChI=1S/C13H18N2O2/c1-4-5-13(3)12(16)15-10-7-9(14)6-8(2)11(10)17-13/h6-7H,4-5,14H2,1-3H3,(H,15,16). The van der Waals surface area contributed by atoms with Gasteiger partial charge >= 0.3 is 0 Å². The van der Waals surface area contributed by atoms with Gasteiger partial charge in [0.15, 0.2) is 5.60 Å². The highest BCUT2D eigenvalue weighted by molar-refractivity contribution is 6.01. The largest absolute Gasteiger partial charge is 0.475 e. The average molecular weight is 234 g/mol. The van der Waals surface area contributed by atoms with E-state index in [1.807, 2.05) is 26.8 Å². The van der Waals surface area contributed by atoms with Gasteiger partial charge in [0.05, 0.1) is 5.69 Å². The third-order valence-electron chi connectivity index (χ3n) is 3.08. The summed E-state index contributed by atoms with van der Waals surface area (Å²) in [6.45, 7) is 5.79. The van der Waals surface area contributed by atoms with Crippen LogP contribution in [0.2, 0.25) is 0 Å². The van der Waals surface area contributed by atoms with E-state index in [1.54, 1.807) is 6.07 Å². The van der Waals surface area contributed by atoms with E-state index in [9.17, 15) is 4.79 Å². The van der Waals surface area contributed by atoms with Gasteiger partial charge in [0.2, 0.25) is 0 Å². The molecule has 17 heavy (non-hydrogen) atoms. The Hall–Kier alpha value is -1.71. The molecular weight excluding hydrogens is 216 g/mol. The first-order valence-corrected chi connectivity index (χ1v) is 5.87. The van der Waals surface area contributed by atoms with Crippen LogP contribution in [0.5, 0.6) is 5.75 Å². The van der Waals surface area contributed by atoms with Crippen LogP contribution in [0.15, 0.2) is 12.1 Å². The Morgan fingerprint density at radius 1 is 1.47 bits per heavy atom. The highest BCUT2D eigenvalue weighted by atomic mass is 16.5. The number of nitrogen functional groups attached to an aromatic ring is 1. The second-order valence-electron chi connectivity index (χ2n) is 4.75.